The molecule has 2 aromatic carbocycles. The molecule has 0 saturated heterocycles. The minimum Gasteiger partial charge on any atom is -0.497 e. The average molecular weight is 408 g/mol. The van der Waals surface area contributed by atoms with Gasteiger partial charge in [0.15, 0.2) is 6.61 Å². The number of nitrogens with one attached hydrogen (secondary N) is 2. The van der Waals surface area contributed by atoms with Gasteiger partial charge < -0.3 is 19.9 Å². The second kappa shape index (κ2) is 8.61. The van der Waals surface area contributed by atoms with Gasteiger partial charge in [-0.15, -0.1) is 0 Å². The number of amides is 1. The molecular weight excluding hydrogens is 388 g/mol. The topological polar surface area (TPSA) is 131 Å². The van der Waals surface area contributed by atoms with E-state index in [4.69, 9.17) is 14.6 Å². The summed E-state index contributed by atoms with van der Waals surface area (Å²) < 4.78 is 38.2. The molecule has 0 aliphatic carbocycles. The highest BCUT2D eigenvalue weighted by Gasteiger charge is 2.19. The molecule has 0 heterocycles. The normalized spacial score (nSPS) is 10.8. The number of carbonyl (C=O) groups is 2. The number of hydrogen-bond donors (Lipinski definition) is 3. The van der Waals surface area contributed by atoms with Crippen LogP contribution in [0, 0.1) is 6.92 Å². The van der Waals surface area contributed by atoms with Crippen LogP contribution in [0.5, 0.6) is 11.5 Å². The molecule has 28 heavy (non-hydrogen) atoms. The van der Waals surface area contributed by atoms with Gasteiger partial charge in [0.25, 0.3) is 10.0 Å². The number of ether oxygens (including phenoxy) is 2. The van der Waals surface area contributed by atoms with Crippen LogP contribution < -0.4 is 19.5 Å². The van der Waals surface area contributed by atoms with Crippen LogP contribution in [0.1, 0.15) is 12.5 Å². The Balaban J connectivity index is 2.34. The predicted molar refractivity (Wildman–Crippen MR) is 102 cm³/mol. The van der Waals surface area contributed by atoms with Crippen LogP contribution in [0.2, 0.25) is 0 Å². The van der Waals surface area contributed by atoms with Gasteiger partial charge in [-0.2, -0.15) is 0 Å². The van der Waals surface area contributed by atoms with Crippen molar-refractivity contribution in [3.63, 3.8) is 0 Å². The van der Waals surface area contributed by atoms with Gasteiger partial charge in [0, 0.05) is 13.0 Å². The van der Waals surface area contributed by atoms with Crippen molar-refractivity contribution in [1.82, 2.24) is 0 Å². The number of carbonyl (C=O) groups excluding carboxylic acids is 1. The lowest BCUT2D eigenvalue weighted by molar-refractivity contribution is -0.139. The van der Waals surface area contributed by atoms with E-state index >= 15 is 0 Å². The number of methoxy groups -OCH3 is 1. The third-order valence-electron chi connectivity index (χ3n) is 3.59. The van der Waals surface area contributed by atoms with Gasteiger partial charge in [0.05, 0.1) is 23.4 Å². The fourth-order valence-electron chi connectivity index (χ4n) is 2.33. The third-order valence-corrected chi connectivity index (χ3v) is 4.95. The minimum atomic E-state index is -4.00. The number of carboxylic acid groups (broad SMARTS) is 1. The Kier molecular flexibility index (Phi) is 6.47. The van der Waals surface area contributed by atoms with Crippen LogP contribution in [0.15, 0.2) is 41.3 Å². The first-order valence-electron chi connectivity index (χ1n) is 8.06. The molecule has 0 aliphatic rings. The summed E-state index contributed by atoms with van der Waals surface area (Å²) in [5, 5.41) is 11.2. The van der Waals surface area contributed by atoms with Crippen molar-refractivity contribution in [3.8, 4) is 11.5 Å². The molecule has 1 amide bonds. The maximum Gasteiger partial charge on any atom is 0.341 e. The summed E-state index contributed by atoms with van der Waals surface area (Å²) in [5.41, 5.74) is 0.866. The van der Waals surface area contributed by atoms with Gasteiger partial charge in [0.1, 0.15) is 11.5 Å². The fraction of sp³-hybridized carbons (Fsp3) is 0.222. The van der Waals surface area contributed by atoms with Crippen molar-refractivity contribution in [2.75, 3.05) is 23.8 Å². The van der Waals surface area contributed by atoms with E-state index in [1.807, 2.05) is 0 Å². The smallest absolute Gasteiger partial charge is 0.341 e. The quantitative estimate of drug-likeness (QED) is 0.610. The maximum absolute atomic E-state index is 12.8. The van der Waals surface area contributed by atoms with Crippen molar-refractivity contribution in [2.45, 2.75) is 18.7 Å². The molecule has 0 spiro atoms. The molecule has 0 saturated carbocycles. The number of hydrogen-bond acceptors (Lipinski definition) is 6. The highest BCUT2D eigenvalue weighted by Crippen LogP contribution is 2.30. The lowest BCUT2D eigenvalue weighted by atomic mass is 10.2. The van der Waals surface area contributed by atoms with Crippen LogP contribution in [0.3, 0.4) is 0 Å². The zero-order valence-corrected chi connectivity index (χ0v) is 16.3. The highest BCUT2D eigenvalue weighted by molar-refractivity contribution is 7.92. The summed E-state index contributed by atoms with van der Waals surface area (Å²) in [4.78, 5) is 21.9. The van der Waals surface area contributed by atoms with Gasteiger partial charge in [-0.05, 0) is 42.8 Å². The SMILES string of the molecule is COc1ccc(NC(C)=O)c(NS(=O)(=O)c2ccc(OCC(=O)O)c(C)c2)c1. The zero-order valence-electron chi connectivity index (χ0n) is 15.5. The van der Waals surface area contributed by atoms with Crippen molar-refractivity contribution >= 4 is 33.3 Å². The molecule has 0 fully saturated rings. The van der Waals surface area contributed by atoms with E-state index < -0.39 is 22.6 Å². The lowest BCUT2D eigenvalue weighted by Crippen LogP contribution is -2.16. The zero-order chi connectivity index (χ0) is 20.9. The van der Waals surface area contributed by atoms with Crippen LogP contribution in [-0.4, -0.2) is 39.1 Å². The molecule has 10 heteroatoms. The second-order valence-electron chi connectivity index (χ2n) is 5.81. The van der Waals surface area contributed by atoms with Gasteiger partial charge in [-0.25, -0.2) is 13.2 Å². The fourth-order valence-corrected chi connectivity index (χ4v) is 3.48. The molecule has 0 radical (unpaired) electrons. The minimum absolute atomic E-state index is 0.0516. The Bertz CT molecular complexity index is 1000. The molecule has 2 aromatic rings. The van der Waals surface area contributed by atoms with E-state index in [0.717, 1.165) is 0 Å². The maximum atomic E-state index is 12.8. The van der Waals surface area contributed by atoms with Gasteiger partial charge in [-0.3, -0.25) is 9.52 Å². The first-order valence-corrected chi connectivity index (χ1v) is 9.54. The first kappa shape index (κ1) is 21.0. The van der Waals surface area contributed by atoms with Crippen molar-refractivity contribution in [3.05, 3.63) is 42.0 Å². The van der Waals surface area contributed by atoms with Crippen LogP contribution in [0.4, 0.5) is 11.4 Å². The molecule has 0 aliphatic heterocycles. The van der Waals surface area contributed by atoms with E-state index in [1.165, 1.54) is 44.4 Å². The number of rotatable bonds is 8. The summed E-state index contributed by atoms with van der Waals surface area (Å²) in [6.45, 7) is 2.38. The van der Waals surface area contributed by atoms with E-state index in [0.29, 0.717) is 11.3 Å². The van der Waals surface area contributed by atoms with Crippen molar-refractivity contribution < 1.29 is 32.6 Å². The van der Waals surface area contributed by atoms with Crippen molar-refractivity contribution in [2.24, 2.45) is 0 Å². The monoisotopic (exact) mass is 408 g/mol. The molecular formula is C18H20N2O7S. The number of aryl methyl sites for hydroxylation is 1. The van der Waals surface area contributed by atoms with E-state index in [1.54, 1.807) is 13.0 Å². The van der Waals surface area contributed by atoms with E-state index in [9.17, 15) is 18.0 Å². The largest absolute Gasteiger partial charge is 0.497 e. The first-order chi connectivity index (χ1) is 13.1. The highest BCUT2D eigenvalue weighted by atomic mass is 32.2. The summed E-state index contributed by atoms with van der Waals surface area (Å²) in [6.07, 6.45) is 0. The number of carboxylic acids is 1. The van der Waals surface area contributed by atoms with Gasteiger partial charge >= 0.3 is 5.97 Å². The Hall–Kier alpha value is -3.27. The Morgan fingerprint density at radius 2 is 1.82 bits per heavy atom. The van der Waals surface area contributed by atoms with Crippen molar-refractivity contribution in [1.29, 1.82) is 0 Å². The molecule has 0 unspecified atom stereocenters. The Labute approximate surface area is 162 Å². The molecule has 0 atom stereocenters. The summed E-state index contributed by atoms with van der Waals surface area (Å²) >= 11 is 0. The molecule has 9 nitrogen and oxygen atoms in total. The molecule has 3 N–H and O–H groups in total. The standard InChI is InChI=1S/C18H20N2O7S/c1-11-8-14(5-7-17(11)27-10-18(22)23)28(24,25)20-16-9-13(26-3)4-6-15(16)19-12(2)21/h4-9,20H,10H2,1-3H3,(H,19,21)(H,22,23). The van der Waals surface area contributed by atoms with E-state index in [2.05, 4.69) is 10.0 Å². The molecule has 2 rings (SSSR count). The summed E-state index contributed by atoms with van der Waals surface area (Å²) in [6, 6.07) is 8.59. The molecule has 150 valence electrons. The van der Waals surface area contributed by atoms with Gasteiger partial charge in [0.2, 0.25) is 5.91 Å². The number of aliphatic carboxylic acids is 1. The third kappa shape index (κ3) is 5.36. The molecule has 0 aromatic heterocycles. The second-order valence-corrected chi connectivity index (χ2v) is 7.49. The van der Waals surface area contributed by atoms with Crippen LogP contribution in [-0.2, 0) is 19.6 Å². The summed E-state index contributed by atoms with van der Waals surface area (Å²) in [5.74, 6) is -0.829. The number of sulfonamides is 1. The average Bonchev–Trinajstić information content (AvgIpc) is 2.61. The molecule has 0 bridgehead atoms. The van der Waals surface area contributed by atoms with Gasteiger partial charge in [-0.1, -0.05) is 0 Å². The Morgan fingerprint density at radius 1 is 1.11 bits per heavy atom. The number of anilines is 2. The lowest BCUT2D eigenvalue weighted by Gasteiger charge is -2.15. The number of benzene rings is 2. The summed E-state index contributed by atoms with van der Waals surface area (Å²) in [7, 11) is -2.56. The Morgan fingerprint density at radius 3 is 2.39 bits per heavy atom. The predicted octanol–water partition coefficient (Wildman–Crippen LogP) is 2.23. The van der Waals surface area contributed by atoms with Crippen LogP contribution in [0.25, 0.3) is 0 Å². The van der Waals surface area contributed by atoms with Crippen LogP contribution >= 0.6 is 0 Å². The van der Waals surface area contributed by atoms with E-state index in [-0.39, 0.29) is 27.9 Å².